The third-order valence-corrected chi connectivity index (χ3v) is 8.69. The van der Waals surface area contributed by atoms with Gasteiger partial charge in [-0.15, -0.1) is 0 Å². The monoisotopic (exact) mass is 490 g/mol. The van der Waals surface area contributed by atoms with Gasteiger partial charge in [0.1, 0.15) is 0 Å². The van der Waals surface area contributed by atoms with Gasteiger partial charge >= 0.3 is 0 Å². The number of rotatable bonds is 3. The van der Waals surface area contributed by atoms with Gasteiger partial charge in [0.2, 0.25) is 11.8 Å². The highest BCUT2D eigenvalue weighted by atomic mass is 16.2. The number of benzene rings is 1. The molecule has 1 aromatic heterocycles. The molecule has 8 nitrogen and oxygen atoms in total. The molecule has 1 N–H and O–H groups in total. The largest absolute Gasteiger partial charge is 0.342 e. The van der Waals surface area contributed by atoms with E-state index in [0.29, 0.717) is 18.5 Å². The molecule has 2 aromatic rings. The first-order chi connectivity index (χ1) is 17.6. The number of para-hydroxylation sites is 1. The molecule has 0 saturated carbocycles. The second-order valence-corrected chi connectivity index (χ2v) is 10.8. The van der Waals surface area contributed by atoms with Gasteiger partial charge in [-0.1, -0.05) is 18.2 Å². The highest BCUT2D eigenvalue weighted by Crippen LogP contribution is 2.39. The van der Waals surface area contributed by atoms with Gasteiger partial charge in [0, 0.05) is 62.4 Å². The van der Waals surface area contributed by atoms with Crippen LogP contribution < -0.4 is 10.2 Å². The molecule has 0 atom stereocenters. The fourth-order valence-electron chi connectivity index (χ4n) is 6.63. The van der Waals surface area contributed by atoms with E-state index in [2.05, 4.69) is 44.1 Å². The van der Waals surface area contributed by atoms with E-state index in [1.165, 1.54) is 22.5 Å². The van der Waals surface area contributed by atoms with E-state index in [1.807, 2.05) is 4.90 Å². The van der Waals surface area contributed by atoms with Crippen LogP contribution in [0.4, 0.5) is 11.5 Å². The van der Waals surface area contributed by atoms with Crippen LogP contribution in [0.5, 0.6) is 0 Å². The Morgan fingerprint density at radius 2 is 1.72 bits per heavy atom. The molecular weight excluding hydrogens is 452 g/mol. The van der Waals surface area contributed by atoms with Crippen molar-refractivity contribution < 1.29 is 9.59 Å². The minimum Gasteiger partial charge on any atom is -0.342 e. The van der Waals surface area contributed by atoms with Crippen LogP contribution in [0.3, 0.4) is 0 Å². The summed E-state index contributed by atoms with van der Waals surface area (Å²) in [6, 6.07) is 8.95. The molecule has 192 valence electrons. The van der Waals surface area contributed by atoms with Crippen molar-refractivity contribution in [1.29, 1.82) is 0 Å². The number of aryl methyl sites for hydroxylation is 1. The summed E-state index contributed by atoms with van der Waals surface area (Å²) in [4.78, 5) is 31.8. The fourth-order valence-corrected chi connectivity index (χ4v) is 6.63. The predicted octanol–water partition coefficient (Wildman–Crippen LogP) is 3.04. The summed E-state index contributed by atoms with van der Waals surface area (Å²) in [6.45, 7) is 7.51. The van der Waals surface area contributed by atoms with Crippen molar-refractivity contribution in [1.82, 2.24) is 24.9 Å². The first kappa shape index (κ1) is 23.5. The number of anilines is 2. The smallest absolute Gasteiger partial charge is 0.225 e. The summed E-state index contributed by atoms with van der Waals surface area (Å²) in [5.41, 5.74) is 5.12. The van der Waals surface area contributed by atoms with Crippen molar-refractivity contribution in [3.63, 3.8) is 0 Å². The topological polar surface area (TPSA) is 73.7 Å². The molecule has 2 amide bonds. The Kier molecular flexibility index (Phi) is 6.46. The molecule has 0 unspecified atom stereocenters. The second-order valence-electron chi connectivity index (χ2n) is 10.8. The van der Waals surface area contributed by atoms with E-state index < -0.39 is 0 Å². The summed E-state index contributed by atoms with van der Waals surface area (Å²) in [6.07, 6.45) is 6.84. The number of carbonyl (C=O) groups excluding carboxylic acids is 2. The minimum atomic E-state index is 0.128. The number of hydrogen-bond acceptors (Lipinski definition) is 5. The van der Waals surface area contributed by atoms with Crippen molar-refractivity contribution in [2.75, 3.05) is 44.2 Å². The number of amides is 2. The number of aromatic nitrogens is 2. The maximum absolute atomic E-state index is 13.1. The Morgan fingerprint density at radius 3 is 2.50 bits per heavy atom. The normalized spacial score (nSPS) is 21.3. The summed E-state index contributed by atoms with van der Waals surface area (Å²) in [5.74, 6) is 1.68. The molecule has 0 spiro atoms. The van der Waals surface area contributed by atoms with Crippen LogP contribution in [0.15, 0.2) is 24.3 Å². The van der Waals surface area contributed by atoms with E-state index in [0.717, 1.165) is 90.0 Å². The first-order valence-electron chi connectivity index (χ1n) is 13.8. The van der Waals surface area contributed by atoms with Crippen LogP contribution in [0.2, 0.25) is 0 Å². The number of likely N-dealkylation sites (tertiary alicyclic amines) is 1. The molecule has 0 aliphatic carbocycles. The van der Waals surface area contributed by atoms with E-state index in [4.69, 9.17) is 5.10 Å². The van der Waals surface area contributed by atoms with Gasteiger partial charge in [0.15, 0.2) is 5.82 Å². The predicted molar refractivity (Wildman–Crippen MR) is 139 cm³/mol. The molecule has 1 aromatic carbocycles. The SMILES string of the molecule is CC(=O)N1CCc2c(c(N3CCCc4ccccc43)nn2C2CCN(C(=O)C3CCNCC3)CC2)C1. The van der Waals surface area contributed by atoms with Crippen LogP contribution >= 0.6 is 0 Å². The van der Waals surface area contributed by atoms with Gasteiger partial charge in [0.05, 0.1) is 12.6 Å². The van der Waals surface area contributed by atoms with Crippen molar-refractivity contribution in [3.8, 4) is 0 Å². The van der Waals surface area contributed by atoms with Gasteiger partial charge in [-0.2, -0.15) is 5.10 Å². The highest BCUT2D eigenvalue weighted by molar-refractivity contribution is 5.79. The molecule has 6 rings (SSSR count). The van der Waals surface area contributed by atoms with E-state index in [9.17, 15) is 9.59 Å². The van der Waals surface area contributed by atoms with E-state index in [-0.39, 0.29) is 11.8 Å². The number of piperidine rings is 2. The maximum Gasteiger partial charge on any atom is 0.225 e. The highest BCUT2D eigenvalue weighted by Gasteiger charge is 2.35. The summed E-state index contributed by atoms with van der Waals surface area (Å²) < 4.78 is 2.28. The first-order valence-corrected chi connectivity index (χ1v) is 13.8. The zero-order valence-electron chi connectivity index (χ0n) is 21.4. The lowest BCUT2D eigenvalue weighted by molar-refractivity contribution is -0.137. The zero-order valence-corrected chi connectivity index (χ0v) is 21.4. The summed E-state index contributed by atoms with van der Waals surface area (Å²) in [5, 5.41) is 8.65. The van der Waals surface area contributed by atoms with Gasteiger partial charge in [-0.05, 0) is 63.2 Å². The maximum atomic E-state index is 13.1. The van der Waals surface area contributed by atoms with Crippen LogP contribution in [0.25, 0.3) is 0 Å². The summed E-state index contributed by atoms with van der Waals surface area (Å²) in [7, 11) is 0. The third-order valence-electron chi connectivity index (χ3n) is 8.69. The second kappa shape index (κ2) is 9.88. The summed E-state index contributed by atoms with van der Waals surface area (Å²) >= 11 is 0. The molecule has 4 aliphatic heterocycles. The fraction of sp³-hybridized carbons (Fsp3) is 0.607. The zero-order chi connectivity index (χ0) is 24.6. The van der Waals surface area contributed by atoms with Gasteiger partial charge in [-0.25, -0.2) is 0 Å². The lowest BCUT2D eigenvalue weighted by Gasteiger charge is -2.36. The quantitative estimate of drug-likeness (QED) is 0.716. The average molecular weight is 491 g/mol. The minimum absolute atomic E-state index is 0.128. The number of carbonyl (C=O) groups is 2. The van der Waals surface area contributed by atoms with E-state index >= 15 is 0 Å². The Morgan fingerprint density at radius 1 is 0.944 bits per heavy atom. The lowest BCUT2D eigenvalue weighted by atomic mass is 9.94. The Hall–Kier alpha value is -2.87. The molecule has 5 heterocycles. The molecular formula is C28H38N6O2. The molecule has 36 heavy (non-hydrogen) atoms. The number of hydrogen-bond donors (Lipinski definition) is 1. The molecule has 4 aliphatic rings. The number of nitrogens with one attached hydrogen (secondary N) is 1. The van der Waals surface area contributed by atoms with Crippen molar-refractivity contribution in [3.05, 3.63) is 41.1 Å². The van der Waals surface area contributed by atoms with Crippen molar-refractivity contribution >= 4 is 23.3 Å². The molecule has 2 fully saturated rings. The van der Waals surface area contributed by atoms with Gasteiger partial charge in [0.25, 0.3) is 0 Å². The number of nitrogens with zero attached hydrogens (tertiary/aromatic N) is 5. The molecule has 0 bridgehead atoms. The van der Waals surface area contributed by atoms with Gasteiger partial charge in [-0.3, -0.25) is 14.3 Å². The Balaban J connectivity index is 1.27. The third kappa shape index (κ3) is 4.29. The lowest BCUT2D eigenvalue weighted by Crippen LogP contribution is -2.45. The molecule has 2 saturated heterocycles. The Bertz CT molecular complexity index is 1130. The molecule has 0 radical (unpaired) electrons. The van der Waals surface area contributed by atoms with Crippen LogP contribution in [-0.2, 0) is 29.0 Å². The van der Waals surface area contributed by atoms with Crippen LogP contribution in [0.1, 0.15) is 61.9 Å². The average Bonchev–Trinajstić information content (AvgIpc) is 3.31. The molecule has 8 heteroatoms. The van der Waals surface area contributed by atoms with Crippen LogP contribution in [0, 0.1) is 5.92 Å². The number of fused-ring (bicyclic) bond motifs is 2. The standard InChI is InChI=1S/C28H38N6O2/c1-20(35)32-18-12-26-24(19-32)27(33-15-4-6-21-5-2-3-7-25(21)33)30-34(26)23-10-16-31(17-11-23)28(36)22-8-13-29-14-9-22/h2-3,5,7,22-23,29H,4,6,8-19H2,1H3. The van der Waals surface area contributed by atoms with Gasteiger partial charge < -0.3 is 20.0 Å². The Labute approximate surface area is 213 Å². The van der Waals surface area contributed by atoms with Crippen LogP contribution in [-0.4, -0.2) is 70.7 Å². The van der Waals surface area contributed by atoms with E-state index in [1.54, 1.807) is 6.92 Å². The van der Waals surface area contributed by atoms with Crippen molar-refractivity contribution in [2.24, 2.45) is 5.92 Å². The van der Waals surface area contributed by atoms with Crippen molar-refractivity contribution in [2.45, 2.75) is 64.5 Å².